The molecule has 0 saturated carbocycles. The summed E-state index contributed by atoms with van der Waals surface area (Å²) >= 11 is 0. The molecule has 0 aliphatic rings. The number of pyridine rings is 1. The molecule has 0 aliphatic carbocycles. The van der Waals surface area contributed by atoms with Crippen molar-refractivity contribution in [3.8, 4) is 5.75 Å². The number of ether oxygens (including phenoxy) is 1. The van der Waals surface area contributed by atoms with Crippen molar-refractivity contribution < 1.29 is 9.53 Å². The zero-order valence-electron chi connectivity index (χ0n) is 13.2. The van der Waals surface area contributed by atoms with Crippen molar-refractivity contribution in [1.29, 1.82) is 0 Å². The van der Waals surface area contributed by atoms with Gasteiger partial charge in [-0.1, -0.05) is 36.4 Å². The third kappa shape index (κ3) is 3.31. The van der Waals surface area contributed by atoms with E-state index in [4.69, 9.17) is 4.74 Å². The maximum atomic E-state index is 12.6. The molecule has 0 bridgehead atoms. The lowest BCUT2D eigenvalue weighted by Crippen LogP contribution is -2.26. The highest BCUT2D eigenvalue weighted by Gasteiger charge is 2.14. The van der Waals surface area contributed by atoms with E-state index in [-0.39, 0.29) is 5.91 Å². The van der Waals surface area contributed by atoms with Crippen molar-refractivity contribution >= 4 is 16.8 Å². The molecule has 1 aromatic heterocycles. The molecule has 0 atom stereocenters. The van der Waals surface area contributed by atoms with E-state index in [0.717, 1.165) is 22.2 Å². The summed E-state index contributed by atoms with van der Waals surface area (Å²) in [6.45, 7) is 0.558. The second-order valence-corrected chi connectivity index (χ2v) is 5.40. The van der Waals surface area contributed by atoms with Gasteiger partial charge in [0.1, 0.15) is 11.4 Å². The van der Waals surface area contributed by atoms with Crippen LogP contribution in [-0.4, -0.2) is 29.9 Å². The minimum absolute atomic E-state index is 0.0911. The molecule has 0 saturated heterocycles. The van der Waals surface area contributed by atoms with E-state index >= 15 is 0 Å². The topological polar surface area (TPSA) is 42.4 Å². The van der Waals surface area contributed by atoms with E-state index in [1.165, 1.54) is 0 Å². The fourth-order valence-electron chi connectivity index (χ4n) is 2.47. The molecule has 0 N–H and O–H groups in total. The summed E-state index contributed by atoms with van der Waals surface area (Å²) in [6, 6.07) is 19.2. The predicted octanol–water partition coefficient (Wildman–Crippen LogP) is 3.52. The quantitative estimate of drug-likeness (QED) is 0.740. The van der Waals surface area contributed by atoms with E-state index in [9.17, 15) is 4.79 Å². The molecule has 116 valence electrons. The number of methoxy groups -OCH3 is 1. The second kappa shape index (κ2) is 6.48. The van der Waals surface area contributed by atoms with Gasteiger partial charge in [-0.3, -0.25) is 4.79 Å². The maximum absolute atomic E-state index is 12.6. The van der Waals surface area contributed by atoms with Crippen LogP contribution in [0.2, 0.25) is 0 Å². The highest BCUT2D eigenvalue weighted by molar-refractivity contribution is 5.94. The predicted molar refractivity (Wildman–Crippen MR) is 90.5 cm³/mol. The molecule has 2 aromatic carbocycles. The Balaban J connectivity index is 1.82. The molecule has 0 spiro atoms. The lowest BCUT2D eigenvalue weighted by molar-refractivity contribution is 0.0779. The standard InChI is InChI=1S/C19H18N2O2/c1-21(13-14-6-4-3-5-7-14)19(22)18-10-8-15-12-16(23-2)9-11-17(15)20-18/h3-12H,13H2,1-2H3. The van der Waals surface area contributed by atoms with Gasteiger partial charge >= 0.3 is 0 Å². The molecule has 23 heavy (non-hydrogen) atoms. The molecule has 1 amide bonds. The Morgan fingerprint density at radius 3 is 2.61 bits per heavy atom. The van der Waals surface area contributed by atoms with Gasteiger partial charge in [0.15, 0.2) is 0 Å². The van der Waals surface area contributed by atoms with Crippen molar-refractivity contribution in [1.82, 2.24) is 9.88 Å². The average Bonchev–Trinajstić information content (AvgIpc) is 2.61. The van der Waals surface area contributed by atoms with E-state index in [1.54, 1.807) is 25.1 Å². The second-order valence-electron chi connectivity index (χ2n) is 5.40. The number of carbonyl (C=O) groups excluding carboxylic acids is 1. The van der Waals surface area contributed by atoms with E-state index in [2.05, 4.69) is 4.98 Å². The number of rotatable bonds is 4. The molecular formula is C19H18N2O2. The number of fused-ring (bicyclic) bond motifs is 1. The fourth-order valence-corrected chi connectivity index (χ4v) is 2.47. The van der Waals surface area contributed by atoms with Crippen molar-refractivity contribution in [2.24, 2.45) is 0 Å². The van der Waals surface area contributed by atoms with Gasteiger partial charge in [-0.2, -0.15) is 0 Å². The Kier molecular flexibility index (Phi) is 4.24. The third-order valence-corrected chi connectivity index (χ3v) is 3.72. The number of carbonyl (C=O) groups is 1. The Morgan fingerprint density at radius 2 is 1.87 bits per heavy atom. The van der Waals surface area contributed by atoms with E-state index in [1.807, 2.05) is 54.6 Å². The van der Waals surface area contributed by atoms with Crippen LogP contribution in [0.25, 0.3) is 10.9 Å². The summed E-state index contributed by atoms with van der Waals surface area (Å²) in [5.74, 6) is 0.686. The monoisotopic (exact) mass is 306 g/mol. The van der Waals surface area contributed by atoms with E-state index < -0.39 is 0 Å². The molecule has 4 heteroatoms. The summed E-state index contributed by atoms with van der Waals surface area (Å²) in [5, 5.41) is 0.951. The minimum atomic E-state index is -0.0911. The van der Waals surface area contributed by atoms with E-state index in [0.29, 0.717) is 12.2 Å². The Hall–Kier alpha value is -2.88. The number of benzene rings is 2. The Morgan fingerprint density at radius 1 is 1.09 bits per heavy atom. The Labute approximate surface area is 135 Å². The number of aromatic nitrogens is 1. The molecular weight excluding hydrogens is 288 g/mol. The lowest BCUT2D eigenvalue weighted by atomic mass is 10.1. The van der Waals surface area contributed by atoms with Gasteiger partial charge in [-0.15, -0.1) is 0 Å². The number of amides is 1. The molecule has 0 unspecified atom stereocenters. The van der Waals surface area contributed by atoms with Gasteiger partial charge in [0.05, 0.1) is 12.6 Å². The van der Waals surface area contributed by atoms with Crippen LogP contribution in [0, 0.1) is 0 Å². The molecule has 0 radical (unpaired) electrons. The van der Waals surface area contributed by atoms with Gasteiger partial charge in [0.2, 0.25) is 0 Å². The van der Waals surface area contributed by atoms with Crippen molar-refractivity contribution in [3.63, 3.8) is 0 Å². The minimum Gasteiger partial charge on any atom is -0.497 e. The van der Waals surface area contributed by atoms with Crippen LogP contribution in [0.15, 0.2) is 60.7 Å². The Bertz CT molecular complexity index is 831. The highest BCUT2D eigenvalue weighted by Crippen LogP contribution is 2.20. The SMILES string of the molecule is COc1ccc2nc(C(=O)N(C)Cc3ccccc3)ccc2c1. The average molecular weight is 306 g/mol. The first kappa shape index (κ1) is 15.0. The van der Waals surface area contributed by atoms with Crippen LogP contribution in [0.1, 0.15) is 16.1 Å². The van der Waals surface area contributed by atoms with Crippen LogP contribution < -0.4 is 4.74 Å². The highest BCUT2D eigenvalue weighted by atomic mass is 16.5. The van der Waals surface area contributed by atoms with Gasteiger partial charge in [0, 0.05) is 19.0 Å². The van der Waals surface area contributed by atoms with Gasteiger partial charge in [-0.25, -0.2) is 4.98 Å². The zero-order chi connectivity index (χ0) is 16.2. The maximum Gasteiger partial charge on any atom is 0.272 e. The van der Waals surface area contributed by atoms with Crippen molar-refractivity contribution in [2.75, 3.05) is 14.2 Å². The zero-order valence-corrected chi connectivity index (χ0v) is 13.2. The molecule has 0 fully saturated rings. The van der Waals surface area contributed by atoms with Crippen molar-refractivity contribution in [2.45, 2.75) is 6.54 Å². The molecule has 3 aromatic rings. The van der Waals surface area contributed by atoms with Gasteiger partial charge in [0.25, 0.3) is 5.91 Å². The first-order valence-corrected chi connectivity index (χ1v) is 7.41. The third-order valence-electron chi connectivity index (χ3n) is 3.72. The summed E-state index contributed by atoms with van der Waals surface area (Å²) in [5.41, 5.74) is 2.32. The smallest absolute Gasteiger partial charge is 0.272 e. The van der Waals surface area contributed by atoms with Crippen LogP contribution in [0.3, 0.4) is 0 Å². The van der Waals surface area contributed by atoms with Crippen LogP contribution in [0.4, 0.5) is 0 Å². The summed E-state index contributed by atoms with van der Waals surface area (Å²) in [7, 11) is 3.42. The first-order valence-electron chi connectivity index (χ1n) is 7.41. The number of nitrogens with zero attached hydrogens (tertiary/aromatic N) is 2. The normalized spacial score (nSPS) is 10.5. The summed E-state index contributed by atoms with van der Waals surface area (Å²) in [6.07, 6.45) is 0. The lowest BCUT2D eigenvalue weighted by Gasteiger charge is -2.17. The summed E-state index contributed by atoms with van der Waals surface area (Å²) < 4.78 is 5.20. The molecule has 3 rings (SSSR count). The van der Waals surface area contributed by atoms with Crippen molar-refractivity contribution in [3.05, 3.63) is 71.9 Å². The van der Waals surface area contributed by atoms with Crippen LogP contribution in [0.5, 0.6) is 5.75 Å². The fraction of sp³-hybridized carbons (Fsp3) is 0.158. The number of hydrogen-bond donors (Lipinski definition) is 0. The van der Waals surface area contributed by atoms with Crippen LogP contribution >= 0.6 is 0 Å². The van der Waals surface area contributed by atoms with Crippen LogP contribution in [-0.2, 0) is 6.54 Å². The van der Waals surface area contributed by atoms with Gasteiger partial charge < -0.3 is 9.64 Å². The first-order chi connectivity index (χ1) is 11.2. The summed E-state index contributed by atoms with van der Waals surface area (Å²) in [4.78, 5) is 18.7. The largest absolute Gasteiger partial charge is 0.497 e. The van der Waals surface area contributed by atoms with Gasteiger partial charge in [-0.05, 0) is 29.8 Å². The molecule has 4 nitrogen and oxygen atoms in total. The number of hydrogen-bond acceptors (Lipinski definition) is 3. The molecule has 0 aliphatic heterocycles. The molecule has 1 heterocycles.